The molecular weight excluding hydrogens is 232 g/mol. The van der Waals surface area contributed by atoms with Gasteiger partial charge in [0.25, 0.3) is 0 Å². The van der Waals surface area contributed by atoms with Crippen molar-refractivity contribution in [2.45, 2.75) is 6.04 Å². The van der Waals surface area contributed by atoms with Crippen molar-refractivity contribution in [1.82, 2.24) is 5.32 Å². The van der Waals surface area contributed by atoms with Crippen molar-refractivity contribution < 1.29 is 14.7 Å². The number of hydrogen-bond donors (Lipinski definition) is 3. The number of aliphatic carboxylic acids is 1. The van der Waals surface area contributed by atoms with E-state index in [1.807, 2.05) is 0 Å². The van der Waals surface area contributed by atoms with Gasteiger partial charge in [-0.2, -0.15) is 0 Å². The number of anilines is 1. The van der Waals surface area contributed by atoms with Crippen molar-refractivity contribution in [2.24, 2.45) is 0 Å². The average Bonchev–Trinajstić information content (AvgIpc) is 2.53. The van der Waals surface area contributed by atoms with E-state index in [-0.39, 0.29) is 12.5 Å². The summed E-state index contributed by atoms with van der Waals surface area (Å²) >= 11 is 5.90. The molecule has 1 aromatic carbocycles. The maximum atomic E-state index is 11.6. The Balaban J connectivity index is 2.26. The summed E-state index contributed by atoms with van der Waals surface area (Å²) in [7, 11) is 0. The van der Waals surface area contributed by atoms with E-state index in [0.717, 1.165) is 0 Å². The van der Waals surface area contributed by atoms with E-state index in [9.17, 15) is 9.59 Å². The van der Waals surface area contributed by atoms with Crippen LogP contribution in [-0.4, -0.2) is 23.5 Å². The van der Waals surface area contributed by atoms with E-state index < -0.39 is 12.0 Å². The zero-order valence-corrected chi connectivity index (χ0v) is 8.91. The van der Waals surface area contributed by atoms with Crippen LogP contribution in [0, 0.1) is 0 Å². The smallest absolute Gasteiger partial charge is 0.317 e. The number of halogens is 1. The van der Waals surface area contributed by atoms with E-state index in [1.165, 1.54) is 0 Å². The maximum absolute atomic E-state index is 11.6. The molecule has 1 heterocycles. The minimum absolute atomic E-state index is 0.274. The molecule has 16 heavy (non-hydrogen) atoms. The lowest BCUT2D eigenvalue weighted by Gasteiger charge is -2.08. The molecule has 0 fully saturated rings. The highest BCUT2D eigenvalue weighted by Crippen LogP contribution is 2.35. The van der Waals surface area contributed by atoms with E-state index in [1.54, 1.807) is 18.2 Å². The van der Waals surface area contributed by atoms with Crippen molar-refractivity contribution in [3.8, 4) is 0 Å². The Morgan fingerprint density at radius 3 is 3.00 bits per heavy atom. The summed E-state index contributed by atoms with van der Waals surface area (Å²) in [6, 6.07) is 4.47. The van der Waals surface area contributed by atoms with Crippen molar-refractivity contribution in [1.29, 1.82) is 0 Å². The molecule has 5 nitrogen and oxygen atoms in total. The summed E-state index contributed by atoms with van der Waals surface area (Å²) < 4.78 is 0. The molecule has 1 unspecified atom stereocenters. The fraction of sp³-hybridized carbons (Fsp3) is 0.200. The first-order chi connectivity index (χ1) is 7.59. The molecule has 1 aliphatic rings. The molecule has 0 radical (unpaired) electrons. The first-order valence-corrected chi connectivity index (χ1v) is 5.02. The molecule has 0 bridgehead atoms. The van der Waals surface area contributed by atoms with E-state index >= 15 is 0 Å². The van der Waals surface area contributed by atoms with Gasteiger partial charge in [0.2, 0.25) is 5.91 Å². The third kappa shape index (κ3) is 1.87. The van der Waals surface area contributed by atoms with Gasteiger partial charge in [0.05, 0.1) is 17.3 Å². The SMILES string of the molecule is O=C(O)CNC1C(=O)Nc2c(Cl)cccc21. The Morgan fingerprint density at radius 2 is 2.31 bits per heavy atom. The van der Waals surface area contributed by atoms with Crippen molar-refractivity contribution in [3.63, 3.8) is 0 Å². The largest absolute Gasteiger partial charge is 0.480 e. The monoisotopic (exact) mass is 240 g/mol. The van der Waals surface area contributed by atoms with E-state index in [2.05, 4.69) is 10.6 Å². The minimum Gasteiger partial charge on any atom is -0.480 e. The highest BCUT2D eigenvalue weighted by Gasteiger charge is 2.31. The molecule has 1 atom stereocenters. The predicted molar refractivity (Wildman–Crippen MR) is 58.5 cm³/mol. The topological polar surface area (TPSA) is 78.4 Å². The normalized spacial score (nSPS) is 18.1. The third-order valence-electron chi connectivity index (χ3n) is 2.32. The van der Waals surface area contributed by atoms with Crippen LogP contribution in [-0.2, 0) is 9.59 Å². The highest BCUT2D eigenvalue weighted by molar-refractivity contribution is 6.34. The third-order valence-corrected chi connectivity index (χ3v) is 2.64. The second-order valence-electron chi connectivity index (χ2n) is 3.40. The number of carbonyl (C=O) groups excluding carboxylic acids is 1. The molecule has 0 aliphatic carbocycles. The first-order valence-electron chi connectivity index (χ1n) is 4.64. The van der Waals surface area contributed by atoms with Gasteiger partial charge in [-0.05, 0) is 6.07 Å². The number of rotatable bonds is 3. The molecule has 0 spiro atoms. The molecule has 0 saturated heterocycles. The average molecular weight is 241 g/mol. The van der Waals surface area contributed by atoms with E-state index in [4.69, 9.17) is 16.7 Å². The number of amides is 1. The molecule has 1 amide bonds. The Morgan fingerprint density at radius 1 is 1.56 bits per heavy atom. The molecule has 1 aliphatic heterocycles. The summed E-state index contributed by atoms with van der Waals surface area (Å²) in [6.07, 6.45) is 0. The Bertz CT molecular complexity index is 461. The van der Waals surface area contributed by atoms with E-state index in [0.29, 0.717) is 16.3 Å². The van der Waals surface area contributed by atoms with Gasteiger partial charge in [-0.3, -0.25) is 14.9 Å². The molecule has 0 saturated carbocycles. The molecule has 0 aromatic heterocycles. The Hall–Kier alpha value is -1.59. The summed E-state index contributed by atoms with van der Waals surface area (Å²) in [5.74, 6) is -1.30. The number of benzene rings is 1. The lowest BCUT2D eigenvalue weighted by Crippen LogP contribution is -2.31. The fourth-order valence-electron chi connectivity index (χ4n) is 1.64. The fourth-order valence-corrected chi connectivity index (χ4v) is 1.87. The Kier molecular flexibility index (Phi) is 2.80. The standard InChI is InChI=1S/C10H9ClN2O3/c11-6-3-1-2-5-8(6)13-10(16)9(5)12-4-7(14)15/h1-3,9,12H,4H2,(H,13,16)(H,14,15). The van der Waals surface area contributed by atoms with Crippen LogP contribution in [0.2, 0.25) is 5.02 Å². The number of nitrogens with one attached hydrogen (secondary N) is 2. The van der Waals surface area contributed by atoms with Gasteiger partial charge in [-0.15, -0.1) is 0 Å². The number of carboxylic acids is 1. The summed E-state index contributed by atoms with van der Waals surface area (Å²) in [6.45, 7) is -0.274. The molecular formula is C10H9ClN2O3. The second kappa shape index (κ2) is 4.11. The van der Waals surface area contributed by atoms with Crippen LogP contribution in [0.5, 0.6) is 0 Å². The Labute approximate surface area is 96.4 Å². The van der Waals surface area contributed by atoms with Crippen LogP contribution in [0.15, 0.2) is 18.2 Å². The number of hydrogen-bond acceptors (Lipinski definition) is 3. The summed E-state index contributed by atoms with van der Waals surface area (Å²) in [5, 5.41) is 14.2. The zero-order chi connectivity index (χ0) is 11.7. The maximum Gasteiger partial charge on any atom is 0.317 e. The predicted octanol–water partition coefficient (Wildman–Crippen LogP) is 1.01. The first kappa shape index (κ1) is 10.9. The highest BCUT2D eigenvalue weighted by atomic mass is 35.5. The van der Waals surface area contributed by atoms with Crippen molar-refractivity contribution in [2.75, 3.05) is 11.9 Å². The second-order valence-corrected chi connectivity index (χ2v) is 3.81. The van der Waals surface area contributed by atoms with Gasteiger partial charge in [0.15, 0.2) is 0 Å². The number of carboxylic acid groups (broad SMARTS) is 1. The van der Waals surface area contributed by atoms with Crippen LogP contribution < -0.4 is 10.6 Å². The molecule has 84 valence electrons. The van der Waals surface area contributed by atoms with Crippen LogP contribution in [0.3, 0.4) is 0 Å². The molecule has 2 rings (SSSR count). The number of carbonyl (C=O) groups is 2. The lowest BCUT2D eigenvalue weighted by atomic mass is 10.1. The quantitative estimate of drug-likeness (QED) is 0.737. The minimum atomic E-state index is -1.01. The van der Waals surface area contributed by atoms with Gasteiger partial charge in [-0.1, -0.05) is 23.7 Å². The summed E-state index contributed by atoms with van der Waals surface area (Å²) in [4.78, 5) is 22.0. The van der Waals surface area contributed by atoms with Gasteiger partial charge in [0.1, 0.15) is 6.04 Å². The molecule has 3 N–H and O–H groups in total. The zero-order valence-electron chi connectivity index (χ0n) is 8.16. The van der Waals surface area contributed by atoms with Crippen LogP contribution in [0.4, 0.5) is 5.69 Å². The van der Waals surface area contributed by atoms with Crippen LogP contribution >= 0.6 is 11.6 Å². The van der Waals surface area contributed by atoms with Crippen LogP contribution in [0.1, 0.15) is 11.6 Å². The number of fused-ring (bicyclic) bond motifs is 1. The van der Waals surface area contributed by atoms with Crippen molar-refractivity contribution >= 4 is 29.2 Å². The van der Waals surface area contributed by atoms with Crippen molar-refractivity contribution in [3.05, 3.63) is 28.8 Å². The lowest BCUT2D eigenvalue weighted by molar-refractivity contribution is -0.136. The van der Waals surface area contributed by atoms with Gasteiger partial charge in [0, 0.05) is 5.56 Å². The molecule has 6 heteroatoms. The number of para-hydroxylation sites is 1. The summed E-state index contributed by atoms with van der Waals surface area (Å²) in [5.41, 5.74) is 1.23. The van der Waals surface area contributed by atoms with Gasteiger partial charge in [-0.25, -0.2) is 0 Å². The molecule has 1 aromatic rings. The van der Waals surface area contributed by atoms with Gasteiger partial charge < -0.3 is 10.4 Å². The van der Waals surface area contributed by atoms with Gasteiger partial charge >= 0.3 is 5.97 Å². The van der Waals surface area contributed by atoms with Crippen LogP contribution in [0.25, 0.3) is 0 Å².